The Morgan fingerprint density at radius 2 is 1.89 bits per heavy atom. The first kappa shape index (κ1) is 12.9. The summed E-state index contributed by atoms with van der Waals surface area (Å²) in [7, 11) is 1.63. The summed E-state index contributed by atoms with van der Waals surface area (Å²) in [5.41, 5.74) is 6.75. The highest BCUT2D eigenvalue weighted by molar-refractivity contribution is 7.99. The summed E-state index contributed by atoms with van der Waals surface area (Å²) in [5.74, 6) is 0.556. The van der Waals surface area contributed by atoms with Gasteiger partial charge in [-0.05, 0) is 42.0 Å². The lowest BCUT2D eigenvalue weighted by Crippen LogP contribution is -1.98. The lowest BCUT2D eigenvalue weighted by atomic mass is 10.2. The fourth-order valence-corrected chi connectivity index (χ4v) is 2.54. The Morgan fingerprint density at radius 1 is 1.17 bits per heavy atom. The van der Waals surface area contributed by atoms with Crippen molar-refractivity contribution in [1.82, 2.24) is 0 Å². The van der Waals surface area contributed by atoms with Gasteiger partial charge in [-0.2, -0.15) is 0 Å². The standard InChI is InChI=1S/C14H14FNOS/c1-17-12-5-2-10(9-16)14(8-12)18-13-6-3-11(15)4-7-13/h2-8H,9,16H2,1H3. The molecule has 0 unspecified atom stereocenters. The maximum atomic E-state index is 12.8. The van der Waals surface area contributed by atoms with Gasteiger partial charge in [0.1, 0.15) is 11.6 Å². The van der Waals surface area contributed by atoms with Gasteiger partial charge in [0.15, 0.2) is 0 Å². The summed E-state index contributed by atoms with van der Waals surface area (Å²) in [6.45, 7) is 0.466. The molecule has 18 heavy (non-hydrogen) atoms. The van der Waals surface area contributed by atoms with Crippen molar-refractivity contribution < 1.29 is 9.13 Å². The van der Waals surface area contributed by atoms with Gasteiger partial charge in [-0.15, -0.1) is 0 Å². The second-order valence-corrected chi connectivity index (χ2v) is 4.85. The Hall–Kier alpha value is -1.52. The van der Waals surface area contributed by atoms with Gasteiger partial charge >= 0.3 is 0 Å². The van der Waals surface area contributed by atoms with Crippen LogP contribution in [0, 0.1) is 5.82 Å². The molecule has 2 aromatic rings. The van der Waals surface area contributed by atoms with Gasteiger partial charge in [-0.3, -0.25) is 0 Å². The Bertz CT molecular complexity index is 528. The van der Waals surface area contributed by atoms with Gasteiger partial charge in [0.25, 0.3) is 0 Å². The van der Waals surface area contributed by atoms with E-state index in [1.54, 1.807) is 31.0 Å². The summed E-state index contributed by atoms with van der Waals surface area (Å²) in [5, 5.41) is 0. The van der Waals surface area contributed by atoms with Crippen molar-refractivity contribution in [2.45, 2.75) is 16.3 Å². The van der Waals surface area contributed by atoms with Gasteiger partial charge in [0.05, 0.1) is 7.11 Å². The van der Waals surface area contributed by atoms with Gasteiger partial charge in [0.2, 0.25) is 0 Å². The molecule has 0 fully saturated rings. The number of hydrogen-bond donors (Lipinski definition) is 1. The quantitative estimate of drug-likeness (QED) is 0.917. The van der Waals surface area contributed by atoms with Crippen LogP contribution < -0.4 is 10.5 Å². The Kier molecular flexibility index (Phi) is 4.23. The number of nitrogens with two attached hydrogens (primary N) is 1. The van der Waals surface area contributed by atoms with Crippen LogP contribution in [0.2, 0.25) is 0 Å². The highest BCUT2D eigenvalue weighted by Gasteiger charge is 2.05. The molecule has 0 saturated carbocycles. The minimum Gasteiger partial charge on any atom is -0.497 e. The van der Waals surface area contributed by atoms with Crippen LogP contribution in [-0.2, 0) is 6.54 Å². The van der Waals surface area contributed by atoms with Crippen molar-refractivity contribution in [3.8, 4) is 5.75 Å². The number of rotatable bonds is 4. The zero-order chi connectivity index (χ0) is 13.0. The zero-order valence-electron chi connectivity index (χ0n) is 10.0. The van der Waals surface area contributed by atoms with Crippen molar-refractivity contribution in [3.63, 3.8) is 0 Å². The summed E-state index contributed by atoms with van der Waals surface area (Å²) < 4.78 is 18.0. The third kappa shape index (κ3) is 3.03. The molecule has 0 saturated heterocycles. The number of halogens is 1. The molecule has 0 heterocycles. The fourth-order valence-electron chi connectivity index (χ4n) is 1.56. The van der Waals surface area contributed by atoms with Crippen LogP contribution in [0.3, 0.4) is 0 Å². The van der Waals surface area contributed by atoms with Gasteiger partial charge < -0.3 is 10.5 Å². The molecule has 94 valence electrons. The predicted octanol–water partition coefficient (Wildman–Crippen LogP) is 3.44. The van der Waals surface area contributed by atoms with E-state index in [2.05, 4.69) is 0 Å². The van der Waals surface area contributed by atoms with E-state index in [1.165, 1.54) is 12.1 Å². The van der Waals surface area contributed by atoms with Crippen molar-refractivity contribution in [2.75, 3.05) is 7.11 Å². The molecule has 2 aromatic carbocycles. The molecule has 0 aromatic heterocycles. The number of ether oxygens (including phenoxy) is 1. The molecule has 0 radical (unpaired) electrons. The van der Waals surface area contributed by atoms with E-state index in [1.807, 2.05) is 18.2 Å². The van der Waals surface area contributed by atoms with Gasteiger partial charge in [0, 0.05) is 16.3 Å². The van der Waals surface area contributed by atoms with Crippen molar-refractivity contribution >= 4 is 11.8 Å². The fraction of sp³-hybridized carbons (Fsp3) is 0.143. The minimum atomic E-state index is -0.232. The van der Waals surface area contributed by atoms with E-state index in [0.717, 1.165) is 21.1 Å². The first-order valence-corrected chi connectivity index (χ1v) is 6.35. The van der Waals surface area contributed by atoms with Crippen LogP contribution in [0.15, 0.2) is 52.3 Å². The topological polar surface area (TPSA) is 35.2 Å². The second-order valence-electron chi connectivity index (χ2n) is 3.73. The SMILES string of the molecule is COc1ccc(CN)c(Sc2ccc(F)cc2)c1. The molecule has 2 rings (SSSR count). The average molecular weight is 263 g/mol. The first-order chi connectivity index (χ1) is 8.72. The van der Waals surface area contributed by atoms with E-state index < -0.39 is 0 Å². The van der Waals surface area contributed by atoms with Crippen molar-refractivity contribution in [1.29, 1.82) is 0 Å². The molecular weight excluding hydrogens is 249 g/mol. The molecule has 0 atom stereocenters. The second kappa shape index (κ2) is 5.89. The average Bonchev–Trinajstić information content (AvgIpc) is 2.41. The third-order valence-corrected chi connectivity index (χ3v) is 3.64. The Balaban J connectivity index is 2.29. The van der Waals surface area contributed by atoms with Crippen molar-refractivity contribution in [3.05, 3.63) is 53.8 Å². The minimum absolute atomic E-state index is 0.232. The number of hydrogen-bond acceptors (Lipinski definition) is 3. The molecular formula is C14H14FNOS. The maximum Gasteiger partial charge on any atom is 0.123 e. The largest absolute Gasteiger partial charge is 0.497 e. The summed E-state index contributed by atoms with van der Waals surface area (Å²) in [6.07, 6.45) is 0. The van der Waals surface area contributed by atoms with Crippen LogP contribution in [0.5, 0.6) is 5.75 Å². The van der Waals surface area contributed by atoms with Crippen LogP contribution in [0.4, 0.5) is 4.39 Å². The molecule has 0 amide bonds. The van der Waals surface area contributed by atoms with Crippen LogP contribution >= 0.6 is 11.8 Å². The van der Waals surface area contributed by atoms with Crippen molar-refractivity contribution in [2.24, 2.45) is 5.73 Å². The third-order valence-electron chi connectivity index (χ3n) is 2.54. The molecule has 0 bridgehead atoms. The molecule has 0 aliphatic heterocycles. The number of benzene rings is 2. The van der Waals surface area contributed by atoms with E-state index in [0.29, 0.717) is 6.54 Å². The smallest absolute Gasteiger partial charge is 0.123 e. The summed E-state index contributed by atoms with van der Waals surface area (Å²) >= 11 is 1.55. The van der Waals surface area contributed by atoms with Gasteiger partial charge in [-0.1, -0.05) is 17.8 Å². The summed E-state index contributed by atoms with van der Waals surface area (Å²) in [6, 6.07) is 12.2. The Labute approximate surface area is 110 Å². The molecule has 0 aliphatic rings. The lowest BCUT2D eigenvalue weighted by molar-refractivity contribution is 0.413. The molecule has 4 heteroatoms. The van der Waals surface area contributed by atoms with E-state index >= 15 is 0 Å². The van der Waals surface area contributed by atoms with E-state index in [-0.39, 0.29) is 5.82 Å². The van der Waals surface area contributed by atoms with Crippen LogP contribution in [0.25, 0.3) is 0 Å². The highest BCUT2D eigenvalue weighted by atomic mass is 32.2. The highest BCUT2D eigenvalue weighted by Crippen LogP contribution is 2.33. The number of methoxy groups -OCH3 is 1. The normalized spacial score (nSPS) is 10.4. The monoisotopic (exact) mass is 263 g/mol. The molecule has 2 N–H and O–H groups in total. The van der Waals surface area contributed by atoms with Crippen LogP contribution in [-0.4, -0.2) is 7.11 Å². The lowest BCUT2D eigenvalue weighted by Gasteiger charge is -2.09. The molecule has 2 nitrogen and oxygen atoms in total. The predicted molar refractivity (Wildman–Crippen MR) is 71.4 cm³/mol. The molecule has 0 spiro atoms. The molecule has 0 aliphatic carbocycles. The van der Waals surface area contributed by atoms with E-state index in [4.69, 9.17) is 10.5 Å². The first-order valence-electron chi connectivity index (χ1n) is 5.53. The Morgan fingerprint density at radius 3 is 2.50 bits per heavy atom. The maximum absolute atomic E-state index is 12.8. The summed E-state index contributed by atoms with van der Waals surface area (Å²) in [4.78, 5) is 2.00. The van der Waals surface area contributed by atoms with Crippen LogP contribution in [0.1, 0.15) is 5.56 Å². The van der Waals surface area contributed by atoms with Gasteiger partial charge in [-0.25, -0.2) is 4.39 Å². The zero-order valence-corrected chi connectivity index (χ0v) is 10.8. The van der Waals surface area contributed by atoms with E-state index in [9.17, 15) is 4.39 Å².